The van der Waals surface area contributed by atoms with Crippen LogP contribution in [0.2, 0.25) is 0 Å². The molecular formula is C20H26ClN3O4. The molecule has 2 amide bonds. The molecule has 8 heteroatoms. The molecule has 0 saturated heterocycles. The van der Waals surface area contributed by atoms with E-state index in [0.717, 1.165) is 18.7 Å². The van der Waals surface area contributed by atoms with E-state index in [1.165, 1.54) is 14.2 Å². The highest BCUT2D eigenvalue weighted by atomic mass is 35.5. The summed E-state index contributed by atoms with van der Waals surface area (Å²) >= 11 is 0. The maximum absolute atomic E-state index is 12.5. The number of amides is 2. The van der Waals surface area contributed by atoms with Crippen molar-refractivity contribution in [2.75, 3.05) is 32.6 Å². The second-order valence-corrected chi connectivity index (χ2v) is 5.76. The zero-order valence-corrected chi connectivity index (χ0v) is 17.0. The summed E-state index contributed by atoms with van der Waals surface area (Å²) in [7, 11) is 3.01. The average molecular weight is 408 g/mol. The van der Waals surface area contributed by atoms with Gasteiger partial charge in [-0.25, -0.2) is 0 Å². The molecule has 0 bridgehead atoms. The van der Waals surface area contributed by atoms with Crippen LogP contribution in [0.15, 0.2) is 42.5 Å². The maximum Gasteiger partial charge on any atom is 0.257 e. The molecule has 0 heterocycles. The largest absolute Gasteiger partial charge is 0.493 e. The van der Waals surface area contributed by atoms with Crippen molar-refractivity contribution in [1.82, 2.24) is 10.6 Å². The molecule has 0 atom stereocenters. The molecule has 2 rings (SSSR count). The van der Waals surface area contributed by atoms with Crippen LogP contribution < -0.4 is 25.4 Å². The quantitative estimate of drug-likeness (QED) is 0.594. The number of hydrogen-bond acceptors (Lipinski definition) is 5. The summed E-state index contributed by atoms with van der Waals surface area (Å²) < 4.78 is 10.7. The van der Waals surface area contributed by atoms with E-state index in [1.807, 2.05) is 31.2 Å². The predicted molar refractivity (Wildman–Crippen MR) is 112 cm³/mol. The van der Waals surface area contributed by atoms with Gasteiger partial charge in [0.25, 0.3) is 11.8 Å². The summed E-state index contributed by atoms with van der Waals surface area (Å²) in [5.74, 6) is 0.265. The zero-order valence-electron chi connectivity index (χ0n) is 16.2. The molecule has 0 aromatic heterocycles. The molecule has 0 aliphatic carbocycles. The van der Waals surface area contributed by atoms with Crippen LogP contribution in [-0.2, 0) is 11.3 Å². The Morgan fingerprint density at radius 2 is 1.86 bits per heavy atom. The summed E-state index contributed by atoms with van der Waals surface area (Å²) in [5.41, 5.74) is 2.23. The lowest BCUT2D eigenvalue weighted by molar-refractivity contribution is -0.122. The number of halogens is 1. The SMILES string of the molecule is CCNCc1cccc(NC(=O)c2ccc(OCC(=O)NC)c(OC)c2)c1.Cl. The third-order valence-electron chi connectivity index (χ3n) is 3.83. The Morgan fingerprint density at radius 1 is 1.07 bits per heavy atom. The van der Waals surface area contributed by atoms with Gasteiger partial charge in [0, 0.05) is 24.8 Å². The highest BCUT2D eigenvalue weighted by Gasteiger charge is 2.12. The van der Waals surface area contributed by atoms with E-state index in [0.29, 0.717) is 22.7 Å². The van der Waals surface area contributed by atoms with Crippen molar-refractivity contribution < 1.29 is 19.1 Å². The molecule has 2 aromatic rings. The first-order valence-electron chi connectivity index (χ1n) is 8.69. The number of carbonyl (C=O) groups excluding carboxylic acids is 2. The molecule has 0 fully saturated rings. The molecular weight excluding hydrogens is 382 g/mol. The van der Waals surface area contributed by atoms with Crippen LogP contribution in [0.1, 0.15) is 22.8 Å². The standard InChI is InChI=1S/C20H25N3O4.ClH/c1-4-22-12-14-6-5-7-16(10-14)23-20(25)15-8-9-17(18(11-15)26-3)27-13-19(24)21-2;/h5-11,22H,4,12-13H2,1-3H3,(H,21,24)(H,23,25);1H. The van der Waals surface area contributed by atoms with E-state index in [1.54, 1.807) is 18.2 Å². The van der Waals surface area contributed by atoms with Crippen molar-refractivity contribution >= 4 is 29.9 Å². The molecule has 0 radical (unpaired) electrons. The second kappa shape index (κ2) is 11.8. The highest BCUT2D eigenvalue weighted by Crippen LogP contribution is 2.28. The van der Waals surface area contributed by atoms with Gasteiger partial charge in [0.15, 0.2) is 18.1 Å². The smallest absolute Gasteiger partial charge is 0.257 e. The number of nitrogens with one attached hydrogen (secondary N) is 3. The Kier molecular flexibility index (Phi) is 9.84. The summed E-state index contributed by atoms with van der Waals surface area (Å²) in [5, 5.41) is 8.60. The first kappa shape index (κ1) is 23.3. The summed E-state index contributed by atoms with van der Waals surface area (Å²) in [4.78, 5) is 23.9. The van der Waals surface area contributed by atoms with Crippen LogP contribution in [0.3, 0.4) is 0 Å². The number of likely N-dealkylation sites (N-methyl/N-ethyl adjacent to an activating group) is 1. The van der Waals surface area contributed by atoms with Gasteiger partial charge < -0.3 is 25.4 Å². The van der Waals surface area contributed by atoms with Gasteiger partial charge in [-0.1, -0.05) is 19.1 Å². The molecule has 28 heavy (non-hydrogen) atoms. The van der Waals surface area contributed by atoms with Crippen molar-refractivity contribution in [2.24, 2.45) is 0 Å². The minimum absolute atomic E-state index is 0. The van der Waals surface area contributed by atoms with Crippen LogP contribution in [0.4, 0.5) is 5.69 Å². The third kappa shape index (κ3) is 6.75. The molecule has 7 nitrogen and oxygen atoms in total. The Labute approximate surface area is 171 Å². The molecule has 3 N–H and O–H groups in total. The average Bonchev–Trinajstić information content (AvgIpc) is 2.70. The van der Waals surface area contributed by atoms with E-state index in [2.05, 4.69) is 16.0 Å². The van der Waals surface area contributed by atoms with Gasteiger partial charge in [-0.2, -0.15) is 0 Å². The van der Waals surface area contributed by atoms with Crippen LogP contribution >= 0.6 is 12.4 Å². The Morgan fingerprint density at radius 3 is 2.54 bits per heavy atom. The number of anilines is 1. The fourth-order valence-corrected chi connectivity index (χ4v) is 2.38. The Balaban J connectivity index is 0.00000392. The molecule has 0 saturated carbocycles. The van der Waals surface area contributed by atoms with Crippen molar-refractivity contribution in [1.29, 1.82) is 0 Å². The lowest BCUT2D eigenvalue weighted by Gasteiger charge is -2.12. The number of benzene rings is 2. The molecule has 2 aromatic carbocycles. The van der Waals surface area contributed by atoms with E-state index < -0.39 is 0 Å². The number of rotatable bonds is 9. The van der Waals surface area contributed by atoms with Gasteiger partial charge in [0.05, 0.1) is 7.11 Å². The van der Waals surface area contributed by atoms with E-state index in [4.69, 9.17) is 9.47 Å². The monoisotopic (exact) mass is 407 g/mol. The topological polar surface area (TPSA) is 88.7 Å². The summed E-state index contributed by atoms with van der Waals surface area (Å²) in [6.45, 7) is 3.54. The van der Waals surface area contributed by atoms with Crippen molar-refractivity contribution in [3.05, 3.63) is 53.6 Å². The zero-order chi connectivity index (χ0) is 19.6. The van der Waals surface area contributed by atoms with Gasteiger partial charge in [0.1, 0.15) is 0 Å². The van der Waals surface area contributed by atoms with Crippen molar-refractivity contribution in [3.63, 3.8) is 0 Å². The van der Waals surface area contributed by atoms with E-state index >= 15 is 0 Å². The van der Waals surface area contributed by atoms with E-state index in [-0.39, 0.29) is 30.8 Å². The summed E-state index contributed by atoms with van der Waals surface area (Å²) in [6.07, 6.45) is 0. The lowest BCUT2D eigenvalue weighted by atomic mass is 10.1. The van der Waals surface area contributed by atoms with Crippen molar-refractivity contribution in [2.45, 2.75) is 13.5 Å². The number of methoxy groups -OCH3 is 1. The Hall–Kier alpha value is -2.77. The maximum atomic E-state index is 12.5. The van der Waals surface area contributed by atoms with Gasteiger partial charge >= 0.3 is 0 Å². The van der Waals surface area contributed by atoms with Gasteiger partial charge in [0.2, 0.25) is 0 Å². The van der Waals surface area contributed by atoms with Crippen LogP contribution in [-0.4, -0.2) is 39.1 Å². The molecule has 0 unspecified atom stereocenters. The minimum Gasteiger partial charge on any atom is -0.493 e. The molecule has 0 aliphatic rings. The first-order chi connectivity index (χ1) is 13.1. The molecule has 0 aliphatic heterocycles. The normalized spacial score (nSPS) is 9.82. The first-order valence-corrected chi connectivity index (χ1v) is 8.69. The van der Waals surface area contributed by atoms with Crippen molar-refractivity contribution in [3.8, 4) is 11.5 Å². The van der Waals surface area contributed by atoms with Crippen LogP contribution in [0.5, 0.6) is 11.5 Å². The lowest BCUT2D eigenvalue weighted by Crippen LogP contribution is -2.25. The van der Waals surface area contributed by atoms with Crippen LogP contribution in [0, 0.1) is 0 Å². The minimum atomic E-state index is -0.258. The van der Waals surface area contributed by atoms with Gasteiger partial charge in [-0.3, -0.25) is 9.59 Å². The molecule has 152 valence electrons. The summed E-state index contributed by atoms with van der Waals surface area (Å²) in [6, 6.07) is 12.5. The predicted octanol–water partition coefficient (Wildman–Crippen LogP) is 2.60. The Bertz CT molecular complexity index is 799. The second-order valence-electron chi connectivity index (χ2n) is 5.76. The number of hydrogen-bond donors (Lipinski definition) is 3. The number of ether oxygens (including phenoxy) is 2. The van der Waals surface area contributed by atoms with Gasteiger partial charge in [-0.15, -0.1) is 12.4 Å². The fourth-order valence-electron chi connectivity index (χ4n) is 2.38. The number of carbonyl (C=O) groups is 2. The van der Waals surface area contributed by atoms with Gasteiger partial charge in [-0.05, 0) is 42.4 Å². The van der Waals surface area contributed by atoms with Crippen LogP contribution in [0.25, 0.3) is 0 Å². The third-order valence-corrected chi connectivity index (χ3v) is 3.83. The van der Waals surface area contributed by atoms with E-state index in [9.17, 15) is 9.59 Å². The molecule has 0 spiro atoms. The highest BCUT2D eigenvalue weighted by molar-refractivity contribution is 6.04. The fraction of sp³-hybridized carbons (Fsp3) is 0.300.